The van der Waals surface area contributed by atoms with Crippen molar-refractivity contribution >= 4 is 17.6 Å². The molecule has 0 saturated carbocycles. The second-order valence-corrected chi connectivity index (χ2v) is 5.23. The Morgan fingerprint density at radius 1 is 1.24 bits per heavy atom. The fraction of sp³-hybridized carbons (Fsp3) is 0.176. The van der Waals surface area contributed by atoms with Crippen LogP contribution in [0.1, 0.15) is 15.9 Å². The first-order chi connectivity index (χ1) is 11.9. The van der Waals surface area contributed by atoms with E-state index >= 15 is 0 Å². The Hall–Kier alpha value is -3.42. The van der Waals surface area contributed by atoms with Crippen molar-refractivity contribution in [3.05, 3.63) is 69.8 Å². The Labute approximate surface area is 143 Å². The minimum absolute atomic E-state index is 0.0195. The number of aliphatic carboxylic acids is 1. The summed E-state index contributed by atoms with van der Waals surface area (Å²) >= 11 is 0. The predicted molar refractivity (Wildman–Crippen MR) is 88.7 cm³/mol. The van der Waals surface area contributed by atoms with E-state index in [1.54, 1.807) is 24.3 Å². The van der Waals surface area contributed by atoms with E-state index in [0.717, 1.165) is 6.07 Å². The lowest BCUT2D eigenvalue weighted by Gasteiger charge is -2.15. The van der Waals surface area contributed by atoms with Gasteiger partial charge in [0.1, 0.15) is 11.8 Å². The molecular formula is C17H16N2O6. The number of nitrogens with one attached hydrogen (secondary N) is 1. The van der Waals surface area contributed by atoms with Gasteiger partial charge in [-0.15, -0.1) is 0 Å². The van der Waals surface area contributed by atoms with Crippen LogP contribution in [0.5, 0.6) is 5.75 Å². The first-order valence-corrected chi connectivity index (χ1v) is 7.31. The van der Waals surface area contributed by atoms with Gasteiger partial charge in [-0.05, 0) is 23.8 Å². The van der Waals surface area contributed by atoms with E-state index < -0.39 is 22.8 Å². The first kappa shape index (κ1) is 17.9. The number of hydrogen-bond donors (Lipinski definition) is 2. The third-order valence-electron chi connectivity index (χ3n) is 3.50. The molecule has 0 aromatic heterocycles. The topological polar surface area (TPSA) is 119 Å². The summed E-state index contributed by atoms with van der Waals surface area (Å²) in [6.07, 6.45) is 0.0488. The maximum atomic E-state index is 12.2. The SMILES string of the molecule is COc1cccc(C[C@@H](NC(=O)c2cccc([N+](=O)[O-])c2)C(=O)O)c1. The van der Waals surface area contributed by atoms with Crippen molar-refractivity contribution in [2.45, 2.75) is 12.5 Å². The number of carboxylic acid groups (broad SMARTS) is 1. The average molecular weight is 344 g/mol. The van der Waals surface area contributed by atoms with Gasteiger partial charge in [-0.2, -0.15) is 0 Å². The molecule has 25 heavy (non-hydrogen) atoms. The molecule has 0 fully saturated rings. The van der Waals surface area contributed by atoms with Gasteiger partial charge in [0, 0.05) is 24.1 Å². The third-order valence-corrected chi connectivity index (χ3v) is 3.50. The van der Waals surface area contributed by atoms with Gasteiger partial charge in [0.05, 0.1) is 12.0 Å². The van der Waals surface area contributed by atoms with Gasteiger partial charge in [0.2, 0.25) is 0 Å². The number of carboxylic acids is 1. The molecule has 0 aliphatic heterocycles. The van der Waals surface area contributed by atoms with Crippen LogP contribution in [0, 0.1) is 10.1 Å². The van der Waals surface area contributed by atoms with Crippen molar-refractivity contribution in [3.63, 3.8) is 0 Å². The summed E-state index contributed by atoms with van der Waals surface area (Å²) in [5.41, 5.74) is 0.449. The minimum Gasteiger partial charge on any atom is -0.497 e. The molecule has 1 amide bonds. The molecule has 8 nitrogen and oxygen atoms in total. The maximum Gasteiger partial charge on any atom is 0.326 e. The number of benzene rings is 2. The number of nitrogens with zero attached hydrogens (tertiary/aromatic N) is 1. The number of nitro benzene ring substituents is 1. The Bertz CT molecular complexity index is 805. The fourth-order valence-electron chi connectivity index (χ4n) is 2.24. The van der Waals surface area contributed by atoms with Gasteiger partial charge < -0.3 is 15.2 Å². The first-order valence-electron chi connectivity index (χ1n) is 7.31. The van der Waals surface area contributed by atoms with Crippen LogP contribution in [0.2, 0.25) is 0 Å². The molecule has 2 rings (SSSR count). The van der Waals surface area contributed by atoms with Crippen molar-refractivity contribution in [2.24, 2.45) is 0 Å². The average Bonchev–Trinajstić information content (AvgIpc) is 2.61. The molecule has 0 bridgehead atoms. The van der Waals surface area contributed by atoms with E-state index in [2.05, 4.69) is 5.32 Å². The molecule has 0 aliphatic rings. The highest BCUT2D eigenvalue weighted by Crippen LogP contribution is 2.16. The van der Waals surface area contributed by atoms with E-state index in [0.29, 0.717) is 11.3 Å². The molecule has 0 heterocycles. The predicted octanol–water partition coefficient (Wildman–Crippen LogP) is 2.03. The smallest absolute Gasteiger partial charge is 0.326 e. The second kappa shape index (κ2) is 7.91. The van der Waals surface area contributed by atoms with Crippen LogP contribution in [-0.4, -0.2) is 35.1 Å². The molecule has 0 aliphatic carbocycles. The highest BCUT2D eigenvalue weighted by molar-refractivity contribution is 5.97. The summed E-state index contributed by atoms with van der Waals surface area (Å²) in [6.45, 7) is 0. The van der Waals surface area contributed by atoms with Crippen LogP contribution in [0.15, 0.2) is 48.5 Å². The van der Waals surface area contributed by atoms with Crippen molar-refractivity contribution in [1.82, 2.24) is 5.32 Å². The van der Waals surface area contributed by atoms with Crippen molar-refractivity contribution in [3.8, 4) is 5.75 Å². The van der Waals surface area contributed by atoms with Gasteiger partial charge in [-0.3, -0.25) is 14.9 Å². The van der Waals surface area contributed by atoms with E-state index in [-0.39, 0.29) is 17.7 Å². The highest BCUT2D eigenvalue weighted by Gasteiger charge is 2.22. The quantitative estimate of drug-likeness (QED) is 0.586. The second-order valence-electron chi connectivity index (χ2n) is 5.23. The molecule has 8 heteroatoms. The molecule has 1 atom stereocenters. The zero-order valence-electron chi connectivity index (χ0n) is 13.3. The number of carbonyl (C=O) groups is 2. The fourth-order valence-corrected chi connectivity index (χ4v) is 2.24. The normalized spacial score (nSPS) is 11.4. The molecule has 0 unspecified atom stereocenters. The Morgan fingerprint density at radius 3 is 2.60 bits per heavy atom. The highest BCUT2D eigenvalue weighted by atomic mass is 16.6. The lowest BCUT2D eigenvalue weighted by Crippen LogP contribution is -2.42. The lowest BCUT2D eigenvalue weighted by molar-refractivity contribution is -0.384. The molecule has 130 valence electrons. The van der Waals surface area contributed by atoms with Gasteiger partial charge in [-0.25, -0.2) is 4.79 Å². The number of carbonyl (C=O) groups excluding carboxylic acids is 1. The molecule has 0 radical (unpaired) electrons. The van der Waals surface area contributed by atoms with Crippen LogP contribution in [0.3, 0.4) is 0 Å². The number of rotatable bonds is 7. The van der Waals surface area contributed by atoms with Gasteiger partial charge in [0.25, 0.3) is 11.6 Å². The van der Waals surface area contributed by atoms with Gasteiger partial charge >= 0.3 is 5.97 Å². The Kier molecular flexibility index (Phi) is 5.67. The lowest BCUT2D eigenvalue weighted by atomic mass is 10.0. The number of non-ortho nitro benzene ring substituents is 1. The van der Waals surface area contributed by atoms with E-state index in [1.807, 2.05) is 0 Å². The summed E-state index contributed by atoms with van der Waals surface area (Å²) in [5, 5.41) is 22.5. The summed E-state index contributed by atoms with van der Waals surface area (Å²) in [4.78, 5) is 33.8. The number of ether oxygens (including phenoxy) is 1. The van der Waals surface area contributed by atoms with Crippen molar-refractivity contribution in [1.29, 1.82) is 0 Å². The monoisotopic (exact) mass is 344 g/mol. The zero-order valence-corrected chi connectivity index (χ0v) is 13.3. The van der Waals surface area contributed by atoms with Crippen LogP contribution >= 0.6 is 0 Å². The number of nitro groups is 1. The molecular weight excluding hydrogens is 328 g/mol. The Morgan fingerprint density at radius 2 is 1.96 bits per heavy atom. The molecule has 0 spiro atoms. The van der Waals surface area contributed by atoms with Crippen molar-refractivity contribution < 1.29 is 24.4 Å². The Balaban J connectivity index is 2.15. The summed E-state index contributed by atoms with van der Waals surface area (Å²) in [5.74, 6) is -1.33. The summed E-state index contributed by atoms with van der Waals surface area (Å²) in [7, 11) is 1.50. The molecule has 2 aromatic carbocycles. The maximum absolute atomic E-state index is 12.2. The van der Waals surface area contributed by atoms with E-state index in [9.17, 15) is 24.8 Å². The van der Waals surface area contributed by atoms with E-state index in [1.165, 1.54) is 25.3 Å². The van der Waals surface area contributed by atoms with Gasteiger partial charge in [0.15, 0.2) is 0 Å². The summed E-state index contributed by atoms with van der Waals surface area (Å²) < 4.78 is 5.08. The number of methoxy groups -OCH3 is 1. The van der Waals surface area contributed by atoms with E-state index in [4.69, 9.17) is 4.74 Å². The minimum atomic E-state index is -1.21. The largest absolute Gasteiger partial charge is 0.497 e. The van der Waals surface area contributed by atoms with Crippen molar-refractivity contribution in [2.75, 3.05) is 7.11 Å². The standard InChI is InChI=1S/C17H16N2O6/c1-25-14-7-2-4-11(8-14)9-15(17(21)22)18-16(20)12-5-3-6-13(10-12)19(23)24/h2-8,10,15H,9H2,1H3,(H,18,20)(H,21,22)/t15-/m1/s1. The number of hydrogen-bond acceptors (Lipinski definition) is 5. The molecule has 2 aromatic rings. The third kappa shape index (κ3) is 4.77. The molecule has 2 N–H and O–H groups in total. The van der Waals surface area contributed by atoms with Crippen LogP contribution in [0.25, 0.3) is 0 Å². The molecule has 0 saturated heterocycles. The van der Waals surface area contributed by atoms with Crippen LogP contribution in [-0.2, 0) is 11.2 Å². The van der Waals surface area contributed by atoms with Crippen LogP contribution in [0.4, 0.5) is 5.69 Å². The van der Waals surface area contributed by atoms with Crippen LogP contribution < -0.4 is 10.1 Å². The zero-order chi connectivity index (χ0) is 18.4. The van der Waals surface area contributed by atoms with Gasteiger partial charge in [-0.1, -0.05) is 18.2 Å². The summed E-state index contributed by atoms with van der Waals surface area (Å²) in [6, 6.07) is 10.8. The number of amides is 1.